The SMILES string of the molecule is COc1cc(C=C(C#N)S(=O)(=O)c2ccc(Cl)cc2)ccc1OC(F)F. The van der Waals surface area contributed by atoms with Crippen LogP contribution in [0.5, 0.6) is 11.5 Å². The van der Waals surface area contributed by atoms with E-state index in [2.05, 4.69) is 4.74 Å². The molecule has 0 saturated carbocycles. The molecule has 0 atom stereocenters. The highest BCUT2D eigenvalue weighted by Gasteiger charge is 2.21. The maximum absolute atomic E-state index is 12.6. The standard InChI is InChI=1S/C17H12ClF2NO4S/c1-24-16-9-11(2-7-15(16)25-17(19)20)8-14(10-21)26(22,23)13-5-3-12(18)4-6-13/h2-9,17H,1H3. The molecule has 0 N–H and O–H groups in total. The summed E-state index contributed by atoms with van der Waals surface area (Å²) < 4.78 is 59.1. The average Bonchev–Trinajstić information content (AvgIpc) is 2.60. The fourth-order valence-electron chi connectivity index (χ4n) is 2.03. The van der Waals surface area contributed by atoms with E-state index in [1.54, 1.807) is 6.07 Å². The maximum atomic E-state index is 12.6. The zero-order chi connectivity index (χ0) is 19.3. The number of allylic oxidation sites excluding steroid dienone is 1. The monoisotopic (exact) mass is 399 g/mol. The molecule has 26 heavy (non-hydrogen) atoms. The van der Waals surface area contributed by atoms with E-state index in [9.17, 15) is 22.5 Å². The predicted molar refractivity (Wildman–Crippen MR) is 91.9 cm³/mol. The molecule has 2 rings (SSSR count). The fraction of sp³-hybridized carbons (Fsp3) is 0.118. The van der Waals surface area contributed by atoms with Crippen LogP contribution in [-0.2, 0) is 9.84 Å². The summed E-state index contributed by atoms with van der Waals surface area (Å²) in [7, 11) is -2.82. The number of nitrogens with zero attached hydrogens (tertiary/aromatic N) is 1. The van der Waals surface area contributed by atoms with Crippen LogP contribution in [0.25, 0.3) is 6.08 Å². The first-order chi connectivity index (χ1) is 12.3. The number of methoxy groups -OCH3 is 1. The van der Waals surface area contributed by atoms with Gasteiger partial charge in [0.05, 0.1) is 12.0 Å². The number of rotatable bonds is 6. The third-order valence-corrected chi connectivity index (χ3v) is 5.16. The van der Waals surface area contributed by atoms with Gasteiger partial charge in [0.15, 0.2) is 11.5 Å². The molecular formula is C17H12ClF2NO4S. The second kappa shape index (κ2) is 8.17. The smallest absolute Gasteiger partial charge is 0.387 e. The lowest BCUT2D eigenvalue weighted by atomic mass is 10.2. The summed E-state index contributed by atoms with van der Waals surface area (Å²) in [6, 6.07) is 10.8. The molecule has 0 amide bonds. The third kappa shape index (κ3) is 4.50. The quantitative estimate of drug-likeness (QED) is 0.677. The highest BCUT2D eigenvalue weighted by atomic mass is 35.5. The van der Waals surface area contributed by atoms with E-state index in [0.717, 1.165) is 6.08 Å². The van der Waals surface area contributed by atoms with Crippen molar-refractivity contribution in [3.05, 3.63) is 58.0 Å². The van der Waals surface area contributed by atoms with Gasteiger partial charge in [-0.05, 0) is 48.0 Å². The van der Waals surface area contributed by atoms with Gasteiger partial charge in [0.1, 0.15) is 11.0 Å². The molecule has 0 spiro atoms. The van der Waals surface area contributed by atoms with Crippen LogP contribution in [0.3, 0.4) is 0 Å². The number of hydrogen-bond donors (Lipinski definition) is 0. The average molecular weight is 400 g/mol. The number of hydrogen-bond acceptors (Lipinski definition) is 5. The largest absolute Gasteiger partial charge is 0.493 e. The molecule has 2 aromatic rings. The Bertz CT molecular complexity index is 967. The van der Waals surface area contributed by atoms with Crippen LogP contribution in [0.4, 0.5) is 8.78 Å². The van der Waals surface area contributed by atoms with Gasteiger partial charge < -0.3 is 9.47 Å². The number of benzene rings is 2. The highest BCUT2D eigenvalue weighted by molar-refractivity contribution is 7.95. The Balaban J connectivity index is 2.45. The lowest BCUT2D eigenvalue weighted by molar-refractivity contribution is -0.0512. The van der Waals surface area contributed by atoms with Crippen LogP contribution in [0.2, 0.25) is 5.02 Å². The van der Waals surface area contributed by atoms with E-state index in [-0.39, 0.29) is 22.0 Å². The number of nitriles is 1. The van der Waals surface area contributed by atoms with Gasteiger partial charge in [-0.15, -0.1) is 0 Å². The van der Waals surface area contributed by atoms with Crippen molar-refractivity contribution in [3.63, 3.8) is 0 Å². The van der Waals surface area contributed by atoms with Crippen LogP contribution in [0.15, 0.2) is 52.3 Å². The normalized spacial score (nSPS) is 11.9. The summed E-state index contributed by atoms with van der Waals surface area (Å²) in [6.45, 7) is -3.04. The second-order valence-electron chi connectivity index (χ2n) is 4.87. The minimum Gasteiger partial charge on any atom is -0.493 e. The molecule has 0 fully saturated rings. The van der Waals surface area contributed by atoms with Crippen molar-refractivity contribution in [1.82, 2.24) is 0 Å². The summed E-state index contributed by atoms with van der Waals surface area (Å²) in [4.78, 5) is -0.622. The molecule has 0 saturated heterocycles. The molecule has 0 aliphatic heterocycles. The predicted octanol–water partition coefficient (Wildman–Crippen LogP) is 4.29. The van der Waals surface area contributed by atoms with Crippen molar-refractivity contribution >= 4 is 27.5 Å². The molecule has 136 valence electrons. The van der Waals surface area contributed by atoms with E-state index in [1.165, 1.54) is 49.6 Å². The molecule has 9 heteroatoms. The van der Waals surface area contributed by atoms with Gasteiger partial charge in [0, 0.05) is 5.02 Å². The van der Waals surface area contributed by atoms with E-state index < -0.39 is 21.4 Å². The van der Waals surface area contributed by atoms with E-state index in [4.69, 9.17) is 16.3 Å². The molecular weight excluding hydrogens is 388 g/mol. The Morgan fingerprint density at radius 1 is 1.19 bits per heavy atom. The summed E-state index contributed by atoms with van der Waals surface area (Å²) in [5.41, 5.74) is 0.262. The van der Waals surface area contributed by atoms with Crippen LogP contribution < -0.4 is 9.47 Å². The Kier molecular flexibility index (Phi) is 6.18. The van der Waals surface area contributed by atoms with Crippen molar-refractivity contribution in [2.45, 2.75) is 11.5 Å². The minimum absolute atomic E-state index is 0.0276. The minimum atomic E-state index is -4.07. The van der Waals surface area contributed by atoms with Gasteiger partial charge in [-0.25, -0.2) is 8.42 Å². The van der Waals surface area contributed by atoms with Crippen LogP contribution in [0, 0.1) is 11.3 Å². The Labute approximate surface area is 154 Å². The zero-order valence-corrected chi connectivity index (χ0v) is 14.9. The fourth-order valence-corrected chi connectivity index (χ4v) is 3.32. The van der Waals surface area contributed by atoms with Crippen LogP contribution in [-0.4, -0.2) is 22.1 Å². The number of sulfone groups is 1. The van der Waals surface area contributed by atoms with Gasteiger partial charge >= 0.3 is 6.61 Å². The van der Waals surface area contributed by atoms with E-state index in [0.29, 0.717) is 5.02 Å². The number of alkyl halides is 2. The van der Waals surface area contributed by atoms with Crippen molar-refractivity contribution in [3.8, 4) is 17.6 Å². The molecule has 0 aliphatic carbocycles. The molecule has 0 heterocycles. The first-order valence-electron chi connectivity index (χ1n) is 7.03. The van der Waals surface area contributed by atoms with Gasteiger partial charge in [0.25, 0.3) is 0 Å². The number of halogens is 3. The second-order valence-corrected chi connectivity index (χ2v) is 7.22. The molecule has 0 bridgehead atoms. The van der Waals surface area contributed by atoms with Crippen molar-refractivity contribution in [2.24, 2.45) is 0 Å². The topological polar surface area (TPSA) is 76.4 Å². The first-order valence-corrected chi connectivity index (χ1v) is 8.89. The van der Waals surface area contributed by atoms with Gasteiger partial charge in [-0.3, -0.25) is 0 Å². The summed E-state index contributed by atoms with van der Waals surface area (Å²) >= 11 is 5.74. The summed E-state index contributed by atoms with van der Waals surface area (Å²) in [5.74, 6) is -0.237. The molecule has 0 radical (unpaired) electrons. The van der Waals surface area contributed by atoms with Crippen molar-refractivity contribution in [2.75, 3.05) is 7.11 Å². The Morgan fingerprint density at radius 3 is 2.38 bits per heavy atom. The van der Waals surface area contributed by atoms with Crippen molar-refractivity contribution < 1.29 is 26.7 Å². The number of ether oxygens (including phenoxy) is 2. The lowest BCUT2D eigenvalue weighted by Crippen LogP contribution is -2.04. The zero-order valence-electron chi connectivity index (χ0n) is 13.3. The summed E-state index contributed by atoms with van der Waals surface area (Å²) in [6.07, 6.45) is 1.11. The van der Waals surface area contributed by atoms with Gasteiger partial charge in [-0.2, -0.15) is 14.0 Å². The highest BCUT2D eigenvalue weighted by Crippen LogP contribution is 2.31. The molecule has 2 aromatic carbocycles. The van der Waals surface area contributed by atoms with Gasteiger partial charge in [0.2, 0.25) is 9.84 Å². The maximum Gasteiger partial charge on any atom is 0.387 e. The third-order valence-electron chi connectivity index (χ3n) is 3.23. The van der Waals surface area contributed by atoms with Crippen LogP contribution >= 0.6 is 11.6 Å². The van der Waals surface area contributed by atoms with E-state index in [1.807, 2.05) is 0 Å². The summed E-state index contributed by atoms with van der Waals surface area (Å²) in [5, 5.41) is 9.61. The van der Waals surface area contributed by atoms with E-state index >= 15 is 0 Å². The molecule has 0 aromatic heterocycles. The molecule has 0 unspecified atom stereocenters. The first kappa shape index (κ1) is 19.7. The Hall–Kier alpha value is -2.63. The van der Waals surface area contributed by atoms with Crippen LogP contribution in [0.1, 0.15) is 5.56 Å². The van der Waals surface area contributed by atoms with Gasteiger partial charge in [-0.1, -0.05) is 17.7 Å². The van der Waals surface area contributed by atoms with Crippen molar-refractivity contribution in [1.29, 1.82) is 5.26 Å². The Morgan fingerprint density at radius 2 is 1.85 bits per heavy atom. The lowest BCUT2D eigenvalue weighted by Gasteiger charge is -2.10. The molecule has 5 nitrogen and oxygen atoms in total. The molecule has 0 aliphatic rings.